The SMILES string of the molecule is CCCCC(=O)NN=Cc1c(O)n(C2CCCCCC2)c(=O)[nH]c1=O. The van der Waals surface area contributed by atoms with Gasteiger partial charge in [0.1, 0.15) is 5.56 Å². The van der Waals surface area contributed by atoms with Gasteiger partial charge in [-0.05, 0) is 19.3 Å². The Balaban J connectivity index is 2.23. The number of aromatic hydroxyl groups is 1. The van der Waals surface area contributed by atoms with Gasteiger partial charge in [-0.1, -0.05) is 39.0 Å². The van der Waals surface area contributed by atoms with Crippen molar-refractivity contribution >= 4 is 12.1 Å². The normalized spacial score (nSPS) is 16.0. The number of nitrogens with zero attached hydrogens (tertiary/aromatic N) is 2. The van der Waals surface area contributed by atoms with Crippen molar-refractivity contribution < 1.29 is 9.90 Å². The number of hydrogen-bond donors (Lipinski definition) is 3. The summed E-state index contributed by atoms with van der Waals surface area (Å²) in [6, 6.07) is -0.141. The third-order valence-electron chi connectivity index (χ3n) is 4.48. The van der Waals surface area contributed by atoms with E-state index in [0.29, 0.717) is 6.42 Å². The van der Waals surface area contributed by atoms with E-state index < -0.39 is 17.1 Å². The summed E-state index contributed by atoms with van der Waals surface area (Å²) in [4.78, 5) is 37.9. The number of H-pyrrole nitrogens is 1. The third-order valence-corrected chi connectivity index (χ3v) is 4.48. The molecule has 0 bridgehead atoms. The second-order valence-electron chi connectivity index (χ2n) is 6.41. The van der Waals surface area contributed by atoms with Crippen molar-refractivity contribution in [2.45, 2.75) is 70.8 Å². The molecule has 0 radical (unpaired) electrons. The fourth-order valence-corrected chi connectivity index (χ4v) is 3.09. The molecule has 1 aliphatic carbocycles. The summed E-state index contributed by atoms with van der Waals surface area (Å²) in [5, 5.41) is 14.2. The number of amides is 1. The maximum absolute atomic E-state index is 12.2. The Labute approximate surface area is 146 Å². The maximum atomic E-state index is 12.2. The summed E-state index contributed by atoms with van der Waals surface area (Å²) in [7, 11) is 0. The van der Waals surface area contributed by atoms with Gasteiger partial charge in [0, 0.05) is 12.5 Å². The fraction of sp³-hybridized carbons (Fsp3) is 0.647. The first-order valence-corrected chi connectivity index (χ1v) is 8.94. The van der Waals surface area contributed by atoms with E-state index in [2.05, 4.69) is 15.5 Å². The van der Waals surface area contributed by atoms with Crippen molar-refractivity contribution in [2.75, 3.05) is 0 Å². The number of hydrazone groups is 1. The zero-order chi connectivity index (χ0) is 18.2. The highest BCUT2D eigenvalue weighted by Gasteiger charge is 2.21. The third kappa shape index (κ3) is 5.04. The van der Waals surface area contributed by atoms with Crippen LogP contribution in [0.4, 0.5) is 0 Å². The van der Waals surface area contributed by atoms with Crippen molar-refractivity contribution in [1.29, 1.82) is 0 Å². The largest absolute Gasteiger partial charge is 0.494 e. The van der Waals surface area contributed by atoms with Gasteiger partial charge in [-0.2, -0.15) is 5.10 Å². The van der Waals surface area contributed by atoms with Crippen LogP contribution in [0, 0.1) is 0 Å². The zero-order valence-corrected chi connectivity index (χ0v) is 14.6. The molecule has 0 unspecified atom stereocenters. The molecule has 1 aromatic rings. The number of aromatic nitrogens is 2. The summed E-state index contributed by atoms with van der Waals surface area (Å²) < 4.78 is 1.24. The lowest BCUT2D eigenvalue weighted by Gasteiger charge is -2.19. The molecule has 1 aromatic heterocycles. The predicted molar refractivity (Wildman–Crippen MR) is 95.0 cm³/mol. The molecule has 8 nitrogen and oxygen atoms in total. The molecule has 2 rings (SSSR count). The standard InChI is InChI=1S/C17H26N4O4/c1-2-3-10-14(22)20-18-11-13-15(23)19-17(25)21(16(13)24)12-8-6-4-5-7-9-12/h11-12,24H,2-10H2,1H3,(H,20,22)(H,19,23,25). The molecule has 1 aliphatic rings. The van der Waals surface area contributed by atoms with Crippen LogP contribution in [-0.4, -0.2) is 26.8 Å². The van der Waals surface area contributed by atoms with Gasteiger partial charge in [0.05, 0.1) is 6.21 Å². The second-order valence-corrected chi connectivity index (χ2v) is 6.41. The van der Waals surface area contributed by atoms with Gasteiger partial charge >= 0.3 is 5.69 Å². The molecular formula is C17H26N4O4. The Bertz CT molecular complexity index is 727. The molecular weight excluding hydrogens is 324 g/mol. The second kappa shape index (κ2) is 9.19. The Morgan fingerprint density at radius 1 is 1.32 bits per heavy atom. The first kappa shape index (κ1) is 19.0. The maximum Gasteiger partial charge on any atom is 0.331 e. The highest BCUT2D eigenvalue weighted by molar-refractivity contribution is 5.84. The summed E-state index contributed by atoms with van der Waals surface area (Å²) in [6.07, 6.45) is 8.81. The van der Waals surface area contributed by atoms with Crippen molar-refractivity contribution in [3.63, 3.8) is 0 Å². The molecule has 1 amide bonds. The molecule has 1 heterocycles. The van der Waals surface area contributed by atoms with Crippen LogP contribution in [0.3, 0.4) is 0 Å². The van der Waals surface area contributed by atoms with Crippen molar-refractivity contribution in [3.8, 4) is 5.88 Å². The van der Waals surface area contributed by atoms with Gasteiger partial charge in [0.2, 0.25) is 11.8 Å². The minimum atomic E-state index is -0.723. The van der Waals surface area contributed by atoms with Gasteiger partial charge in [0.25, 0.3) is 5.56 Å². The van der Waals surface area contributed by atoms with Crippen LogP contribution >= 0.6 is 0 Å². The number of rotatable bonds is 6. The first-order chi connectivity index (χ1) is 12.0. The van der Waals surface area contributed by atoms with Gasteiger partial charge in [-0.3, -0.25) is 19.1 Å². The lowest BCUT2D eigenvalue weighted by Crippen LogP contribution is -2.34. The number of hydrogen-bond acceptors (Lipinski definition) is 5. The van der Waals surface area contributed by atoms with Crippen LogP contribution in [0.5, 0.6) is 5.88 Å². The van der Waals surface area contributed by atoms with Crippen LogP contribution in [0.15, 0.2) is 14.7 Å². The molecule has 8 heteroatoms. The number of aromatic amines is 1. The number of carbonyl (C=O) groups excluding carboxylic acids is 1. The van der Waals surface area contributed by atoms with E-state index in [0.717, 1.165) is 57.6 Å². The van der Waals surface area contributed by atoms with Crippen LogP contribution in [0.1, 0.15) is 76.3 Å². The molecule has 1 fully saturated rings. The first-order valence-electron chi connectivity index (χ1n) is 8.94. The van der Waals surface area contributed by atoms with E-state index in [-0.39, 0.29) is 17.5 Å². The summed E-state index contributed by atoms with van der Waals surface area (Å²) >= 11 is 0. The molecule has 1 saturated carbocycles. The number of nitrogens with one attached hydrogen (secondary N) is 2. The average molecular weight is 350 g/mol. The summed E-state index contributed by atoms with van der Waals surface area (Å²) in [5.74, 6) is -0.654. The van der Waals surface area contributed by atoms with Crippen LogP contribution < -0.4 is 16.7 Å². The number of carbonyl (C=O) groups is 1. The quantitative estimate of drug-likeness (QED) is 0.412. The van der Waals surface area contributed by atoms with E-state index in [1.807, 2.05) is 6.92 Å². The molecule has 0 aliphatic heterocycles. The molecule has 0 saturated heterocycles. The molecule has 0 aromatic carbocycles. The van der Waals surface area contributed by atoms with Crippen molar-refractivity contribution in [2.24, 2.45) is 5.10 Å². The highest BCUT2D eigenvalue weighted by Crippen LogP contribution is 2.28. The minimum absolute atomic E-state index is 0.125. The van der Waals surface area contributed by atoms with Crippen molar-refractivity contribution in [3.05, 3.63) is 26.4 Å². The predicted octanol–water partition coefficient (Wildman–Crippen LogP) is 1.78. The highest BCUT2D eigenvalue weighted by atomic mass is 16.3. The fourth-order valence-electron chi connectivity index (χ4n) is 3.09. The lowest BCUT2D eigenvalue weighted by atomic mass is 10.1. The molecule has 0 atom stereocenters. The summed E-state index contributed by atoms with van der Waals surface area (Å²) in [5.41, 5.74) is 0.862. The Morgan fingerprint density at radius 3 is 2.64 bits per heavy atom. The van der Waals surface area contributed by atoms with Gasteiger partial charge in [-0.15, -0.1) is 0 Å². The molecule has 138 valence electrons. The Hall–Kier alpha value is -2.38. The lowest BCUT2D eigenvalue weighted by molar-refractivity contribution is -0.121. The van der Waals surface area contributed by atoms with Gasteiger partial charge in [0.15, 0.2) is 0 Å². The molecule has 0 spiro atoms. The van der Waals surface area contributed by atoms with Crippen LogP contribution in [0.25, 0.3) is 0 Å². The van der Waals surface area contributed by atoms with Crippen LogP contribution in [0.2, 0.25) is 0 Å². The van der Waals surface area contributed by atoms with Gasteiger partial charge in [-0.25, -0.2) is 10.2 Å². The van der Waals surface area contributed by atoms with Crippen molar-refractivity contribution in [1.82, 2.24) is 15.0 Å². The monoisotopic (exact) mass is 350 g/mol. The minimum Gasteiger partial charge on any atom is -0.494 e. The van der Waals surface area contributed by atoms with E-state index >= 15 is 0 Å². The average Bonchev–Trinajstić information content (AvgIpc) is 2.85. The zero-order valence-electron chi connectivity index (χ0n) is 14.6. The van der Waals surface area contributed by atoms with E-state index in [4.69, 9.17) is 0 Å². The van der Waals surface area contributed by atoms with E-state index in [1.165, 1.54) is 4.57 Å². The smallest absolute Gasteiger partial charge is 0.331 e. The van der Waals surface area contributed by atoms with E-state index in [9.17, 15) is 19.5 Å². The number of unbranched alkanes of at least 4 members (excludes halogenated alkanes) is 1. The van der Waals surface area contributed by atoms with Gasteiger partial charge < -0.3 is 5.11 Å². The topological polar surface area (TPSA) is 117 Å². The Morgan fingerprint density at radius 2 is 2.00 bits per heavy atom. The molecule has 3 N–H and O–H groups in total. The summed E-state index contributed by atoms with van der Waals surface area (Å²) in [6.45, 7) is 1.98. The van der Waals surface area contributed by atoms with E-state index in [1.54, 1.807) is 0 Å². The van der Waals surface area contributed by atoms with Crippen LogP contribution in [-0.2, 0) is 4.79 Å². The Kier molecular flexibility index (Phi) is 6.97. The molecule has 25 heavy (non-hydrogen) atoms.